The number of benzene rings is 1. The number of thiophene rings is 1. The van der Waals surface area contributed by atoms with E-state index in [1.165, 1.54) is 21.2 Å². The number of hydrogen-bond donors (Lipinski definition) is 2. The minimum Gasteiger partial charge on any atom is -0.370 e. The van der Waals surface area contributed by atoms with Crippen LogP contribution in [0.2, 0.25) is 0 Å². The van der Waals surface area contributed by atoms with Gasteiger partial charge in [0.15, 0.2) is 0 Å². The van der Waals surface area contributed by atoms with E-state index in [0.717, 1.165) is 18.6 Å². The molecule has 2 aromatic rings. The van der Waals surface area contributed by atoms with Gasteiger partial charge in [-0.05, 0) is 65.6 Å². The molecule has 3 heterocycles. The summed E-state index contributed by atoms with van der Waals surface area (Å²) in [5, 5.41) is 7.81. The van der Waals surface area contributed by atoms with Crippen LogP contribution < -0.4 is 11.1 Å². The lowest BCUT2D eigenvalue weighted by Gasteiger charge is -2.29. The van der Waals surface area contributed by atoms with Gasteiger partial charge in [-0.15, -0.1) is 23.1 Å². The highest BCUT2D eigenvalue weighted by molar-refractivity contribution is 7.99. The first-order valence-electron chi connectivity index (χ1n) is 9.37. The molecule has 142 valence electrons. The molecular weight excluding hydrogens is 374 g/mol. The van der Waals surface area contributed by atoms with Crippen molar-refractivity contribution in [3.8, 4) is 0 Å². The van der Waals surface area contributed by atoms with Crippen molar-refractivity contribution in [2.45, 2.75) is 43.8 Å². The number of hydrogen-bond acceptors (Lipinski definition) is 5. The first-order chi connectivity index (χ1) is 13.1. The van der Waals surface area contributed by atoms with Crippen molar-refractivity contribution in [3.05, 3.63) is 59.1 Å². The molecule has 27 heavy (non-hydrogen) atoms. The Morgan fingerprint density at radius 3 is 3.11 bits per heavy atom. The Bertz CT molecular complexity index is 889. The molecule has 4 nitrogen and oxygen atoms in total. The summed E-state index contributed by atoms with van der Waals surface area (Å²) >= 11 is 3.74. The van der Waals surface area contributed by atoms with Crippen molar-refractivity contribution >= 4 is 39.1 Å². The Morgan fingerprint density at radius 2 is 2.26 bits per heavy atom. The molecule has 3 N–H and O–H groups in total. The fraction of sp³-hybridized carbons (Fsp3) is 0.381. The number of primary amides is 1. The molecule has 1 fully saturated rings. The van der Waals surface area contributed by atoms with Gasteiger partial charge in [0, 0.05) is 17.3 Å². The average Bonchev–Trinajstić information content (AvgIpc) is 3.22. The van der Waals surface area contributed by atoms with Crippen LogP contribution in [0.15, 0.2) is 48.0 Å². The van der Waals surface area contributed by atoms with Crippen LogP contribution in [-0.4, -0.2) is 34.1 Å². The summed E-state index contributed by atoms with van der Waals surface area (Å²) in [6.45, 7) is 2.20. The van der Waals surface area contributed by atoms with Gasteiger partial charge in [-0.2, -0.15) is 0 Å². The molecule has 2 aliphatic heterocycles. The molecule has 1 amide bonds. The van der Waals surface area contributed by atoms with E-state index in [1.54, 1.807) is 0 Å². The number of nitrogens with two attached hydrogens (primary N) is 1. The van der Waals surface area contributed by atoms with Crippen LogP contribution in [0.1, 0.15) is 24.0 Å². The molecule has 0 aliphatic carbocycles. The van der Waals surface area contributed by atoms with E-state index in [-0.39, 0.29) is 12.1 Å². The third-order valence-corrected chi connectivity index (χ3v) is 7.56. The van der Waals surface area contributed by atoms with Crippen LogP contribution in [0.3, 0.4) is 0 Å². The van der Waals surface area contributed by atoms with E-state index in [2.05, 4.69) is 65.1 Å². The lowest BCUT2D eigenvalue weighted by molar-refractivity contribution is -0.118. The van der Waals surface area contributed by atoms with E-state index in [1.807, 2.05) is 23.1 Å². The van der Waals surface area contributed by atoms with E-state index >= 15 is 0 Å². The minimum absolute atomic E-state index is 0.213. The average molecular weight is 400 g/mol. The molecule has 6 heteroatoms. The molecule has 0 saturated carbocycles. The van der Waals surface area contributed by atoms with Gasteiger partial charge < -0.3 is 10.6 Å². The zero-order valence-corrected chi connectivity index (χ0v) is 17.1. The highest BCUT2D eigenvalue weighted by Gasteiger charge is 2.38. The molecule has 1 aromatic heterocycles. The Kier molecular flexibility index (Phi) is 5.57. The predicted octanol–water partition coefficient (Wildman–Crippen LogP) is 3.76. The van der Waals surface area contributed by atoms with Gasteiger partial charge in [-0.1, -0.05) is 18.2 Å². The summed E-state index contributed by atoms with van der Waals surface area (Å²) in [5.74, 6) is 0.726. The van der Waals surface area contributed by atoms with E-state index < -0.39 is 0 Å². The van der Waals surface area contributed by atoms with Crippen LogP contribution in [0.5, 0.6) is 0 Å². The summed E-state index contributed by atoms with van der Waals surface area (Å²) in [4.78, 5) is 13.4. The van der Waals surface area contributed by atoms with Crippen molar-refractivity contribution in [2.75, 3.05) is 5.75 Å². The quantitative estimate of drug-likeness (QED) is 0.696. The molecular formula is C21H25N3OS2. The van der Waals surface area contributed by atoms with Crippen LogP contribution >= 0.6 is 23.1 Å². The SMILES string of the molecule is Cc1cccc2scc(CC3C(SCCCC(N)=O)NC4C=CC=CN43)c12. The van der Waals surface area contributed by atoms with Gasteiger partial charge in [0.05, 0.1) is 17.6 Å². The lowest BCUT2D eigenvalue weighted by atomic mass is 10.0. The van der Waals surface area contributed by atoms with Crippen molar-refractivity contribution in [1.29, 1.82) is 0 Å². The fourth-order valence-electron chi connectivity index (χ4n) is 3.95. The zero-order chi connectivity index (χ0) is 18.8. The smallest absolute Gasteiger partial charge is 0.217 e. The molecule has 0 bridgehead atoms. The number of allylic oxidation sites excluding steroid dienone is 2. The van der Waals surface area contributed by atoms with Crippen molar-refractivity contribution in [2.24, 2.45) is 5.73 Å². The second-order valence-corrected chi connectivity index (χ2v) is 9.29. The number of nitrogens with zero attached hydrogens (tertiary/aromatic N) is 1. The maximum absolute atomic E-state index is 11.0. The number of carbonyl (C=O) groups is 1. The molecule has 2 aliphatic rings. The number of thioether (sulfide) groups is 1. The monoisotopic (exact) mass is 399 g/mol. The molecule has 3 atom stereocenters. The van der Waals surface area contributed by atoms with Gasteiger partial charge in [0.25, 0.3) is 0 Å². The van der Waals surface area contributed by atoms with Crippen LogP contribution in [0.25, 0.3) is 10.1 Å². The molecule has 4 rings (SSSR count). The third-order valence-electron chi connectivity index (χ3n) is 5.23. The van der Waals surface area contributed by atoms with Crippen molar-refractivity contribution in [1.82, 2.24) is 10.2 Å². The Morgan fingerprint density at radius 1 is 1.37 bits per heavy atom. The second-order valence-electron chi connectivity index (χ2n) is 7.13. The maximum atomic E-state index is 11.0. The Hall–Kier alpha value is -1.76. The van der Waals surface area contributed by atoms with Crippen molar-refractivity contribution in [3.63, 3.8) is 0 Å². The summed E-state index contributed by atoms with van der Waals surface area (Å²) < 4.78 is 1.37. The summed E-state index contributed by atoms with van der Waals surface area (Å²) in [6.07, 6.45) is 11.2. The lowest BCUT2D eigenvalue weighted by Crippen LogP contribution is -2.36. The predicted molar refractivity (Wildman–Crippen MR) is 116 cm³/mol. The number of rotatable bonds is 7. The first kappa shape index (κ1) is 18.6. The zero-order valence-electron chi connectivity index (χ0n) is 15.4. The topological polar surface area (TPSA) is 58.4 Å². The normalized spacial score (nSPS) is 23.9. The van der Waals surface area contributed by atoms with Gasteiger partial charge in [0.1, 0.15) is 0 Å². The first-order valence-corrected chi connectivity index (χ1v) is 11.3. The fourth-order valence-corrected chi connectivity index (χ4v) is 6.26. The van der Waals surface area contributed by atoms with Crippen LogP contribution in [0.4, 0.5) is 0 Å². The molecule has 3 unspecified atom stereocenters. The van der Waals surface area contributed by atoms with Crippen LogP contribution in [-0.2, 0) is 11.2 Å². The van der Waals surface area contributed by atoms with Gasteiger partial charge in [-0.3, -0.25) is 10.1 Å². The third kappa shape index (κ3) is 3.93. The Balaban J connectivity index is 1.54. The van der Waals surface area contributed by atoms with Crippen molar-refractivity contribution < 1.29 is 4.79 Å². The van der Waals surface area contributed by atoms with E-state index in [4.69, 9.17) is 5.73 Å². The summed E-state index contributed by atoms with van der Waals surface area (Å²) in [5.41, 5.74) is 8.07. The number of carbonyl (C=O) groups excluding carboxylic acids is 1. The van der Waals surface area contributed by atoms with Gasteiger partial charge >= 0.3 is 0 Å². The molecule has 0 radical (unpaired) electrons. The van der Waals surface area contributed by atoms with Gasteiger partial charge in [0.2, 0.25) is 5.91 Å². The Labute approximate surface area is 168 Å². The van der Waals surface area contributed by atoms with E-state index in [9.17, 15) is 4.79 Å². The molecule has 1 aromatic carbocycles. The minimum atomic E-state index is -0.213. The largest absolute Gasteiger partial charge is 0.370 e. The summed E-state index contributed by atoms with van der Waals surface area (Å²) in [6, 6.07) is 6.94. The highest BCUT2D eigenvalue weighted by Crippen LogP contribution is 2.35. The maximum Gasteiger partial charge on any atom is 0.217 e. The van der Waals surface area contributed by atoms with E-state index in [0.29, 0.717) is 17.8 Å². The number of amides is 1. The number of fused-ring (bicyclic) bond motifs is 2. The standard InChI is InChI=1S/C21H25N3OS2/c1-14-6-4-7-17-20(14)15(13-27-17)12-16-21(26-11-5-8-18(22)25)23-19-9-2-3-10-24(16)19/h2-4,6-7,9-10,13,16,19,21,23H,5,8,11-12H2,1H3,(H2,22,25). The molecule has 1 saturated heterocycles. The number of nitrogens with one attached hydrogen (secondary N) is 1. The molecule has 0 spiro atoms. The van der Waals surface area contributed by atoms with Gasteiger partial charge in [-0.25, -0.2) is 0 Å². The highest BCUT2D eigenvalue weighted by atomic mass is 32.2. The number of aryl methyl sites for hydroxylation is 1. The second kappa shape index (κ2) is 8.09. The summed E-state index contributed by atoms with van der Waals surface area (Å²) in [7, 11) is 0. The van der Waals surface area contributed by atoms with Crippen LogP contribution in [0, 0.1) is 6.92 Å².